The first-order valence-electron chi connectivity index (χ1n) is 5.56. The van der Waals surface area contributed by atoms with Crippen LogP contribution in [-0.2, 0) is 9.57 Å². The van der Waals surface area contributed by atoms with Gasteiger partial charge in [-0.15, -0.1) is 0 Å². The van der Waals surface area contributed by atoms with E-state index in [9.17, 15) is 4.79 Å². The fourth-order valence-corrected chi connectivity index (χ4v) is 2.23. The molecule has 0 aromatic carbocycles. The summed E-state index contributed by atoms with van der Waals surface area (Å²) in [6.07, 6.45) is -0.777. The maximum atomic E-state index is 11.6. The van der Waals surface area contributed by atoms with E-state index in [0.29, 0.717) is 5.13 Å². The molecule has 1 heterocycles. The molecule has 1 aromatic heterocycles. The van der Waals surface area contributed by atoms with E-state index in [0.717, 1.165) is 10.6 Å². The van der Waals surface area contributed by atoms with Crippen LogP contribution in [0.4, 0.5) is 9.93 Å². The van der Waals surface area contributed by atoms with Gasteiger partial charge in [-0.3, -0.25) is 10.2 Å². The summed E-state index contributed by atoms with van der Waals surface area (Å²) >= 11 is 1.32. The number of nitrogens with one attached hydrogen (secondary N) is 1. The normalized spacial score (nSPS) is 13.2. The van der Waals surface area contributed by atoms with Crippen molar-refractivity contribution in [2.45, 2.75) is 46.3 Å². The molecule has 1 aromatic rings. The Morgan fingerprint density at radius 1 is 1.50 bits per heavy atom. The Morgan fingerprint density at radius 2 is 2.11 bits per heavy atom. The van der Waals surface area contributed by atoms with E-state index in [-0.39, 0.29) is 6.10 Å². The van der Waals surface area contributed by atoms with Crippen LogP contribution in [0.25, 0.3) is 0 Å². The van der Waals surface area contributed by atoms with Gasteiger partial charge in [0, 0.05) is 0 Å². The first kappa shape index (κ1) is 14.9. The third-order valence-electron chi connectivity index (χ3n) is 2.01. The fraction of sp³-hybridized carbons (Fsp3) is 0.636. The topological polar surface area (TPSA) is 86.5 Å². The Labute approximate surface area is 110 Å². The molecule has 1 amide bonds. The number of carbonyl (C=O) groups is 1. The van der Waals surface area contributed by atoms with E-state index in [2.05, 4.69) is 10.3 Å². The highest BCUT2D eigenvalue weighted by molar-refractivity contribution is 7.16. The molecule has 7 heteroatoms. The zero-order valence-corrected chi connectivity index (χ0v) is 12.1. The Bertz CT molecular complexity index is 426. The molecule has 0 aliphatic carbocycles. The summed E-state index contributed by atoms with van der Waals surface area (Å²) in [5, 5.41) is 3.06. The molecule has 1 atom stereocenters. The van der Waals surface area contributed by atoms with Crippen molar-refractivity contribution in [3.05, 3.63) is 10.6 Å². The SMILES string of the molecule is Cc1nc(NC(=O)OC(C)(C)C)sc1C(C)ON. The molecule has 0 aliphatic heterocycles. The highest BCUT2D eigenvalue weighted by Crippen LogP contribution is 2.29. The summed E-state index contributed by atoms with van der Waals surface area (Å²) < 4.78 is 5.14. The first-order chi connectivity index (χ1) is 8.23. The molecule has 6 nitrogen and oxygen atoms in total. The van der Waals surface area contributed by atoms with Crippen molar-refractivity contribution in [1.29, 1.82) is 0 Å². The zero-order valence-electron chi connectivity index (χ0n) is 11.2. The third-order valence-corrected chi connectivity index (χ3v) is 3.25. The van der Waals surface area contributed by atoms with E-state index in [1.807, 2.05) is 13.8 Å². The number of aryl methyl sites for hydroxylation is 1. The summed E-state index contributed by atoms with van der Waals surface area (Å²) in [5.41, 5.74) is 0.247. The highest BCUT2D eigenvalue weighted by atomic mass is 32.1. The number of hydrogen-bond acceptors (Lipinski definition) is 6. The van der Waals surface area contributed by atoms with Crippen LogP contribution in [0.3, 0.4) is 0 Å². The molecular formula is C11H19N3O3S. The van der Waals surface area contributed by atoms with Crippen LogP contribution in [0.5, 0.6) is 0 Å². The number of thiazole rings is 1. The summed E-state index contributed by atoms with van der Waals surface area (Å²) in [5.74, 6) is 5.13. The van der Waals surface area contributed by atoms with Gasteiger partial charge in [0.15, 0.2) is 5.13 Å². The van der Waals surface area contributed by atoms with Gasteiger partial charge >= 0.3 is 6.09 Å². The minimum absolute atomic E-state index is 0.253. The van der Waals surface area contributed by atoms with Crippen LogP contribution in [0.1, 0.15) is 44.4 Å². The number of amides is 1. The second kappa shape index (κ2) is 5.64. The van der Waals surface area contributed by atoms with Gasteiger partial charge in [-0.25, -0.2) is 15.7 Å². The zero-order chi connectivity index (χ0) is 13.9. The number of aromatic nitrogens is 1. The fourth-order valence-electron chi connectivity index (χ4n) is 1.29. The lowest BCUT2D eigenvalue weighted by molar-refractivity contribution is 0.0635. The number of nitrogens with two attached hydrogens (primary N) is 1. The van der Waals surface area contributed by atoms with Gasteiger partial charge in [0.1, 0.15) is 11.7 Å². The van der Waals surface area contributed by atoms with Gasteiger partial charge in [-0.1, -0.05) is 11.3 Å². The smallest absolute Gasteiger partial charge is 0.413 e. The molecule has 3 N–H and O–H groups in total. The number of ether oxygens (including phenoxy) is 1. The molecule has 1 rings (SSSR count). The van der Waals surface area contributed by atoms with Crippen molar-refractivity contribution in [3.63, 3.8) is 0 Å². The molecule has 0 saturated heterocycles. The second-order valence-corrected chi connectivity index (χ2v) is 5.90. The van der Waals surface area contributed by atoms with Gasteiger partial charge in [0.2, 0.25) is 0 Å². The molecule has 0 fully saturated rings. The summed E-state index contributed by atoms with van der Waals surface area (Å²) in [7, 11) is 0. The van der Waals surface area contributed by atoms with Crippen molar-refractivity contribution < 1.29 is 14.4 Å². The average Bonchev–Trinajstić information content (AvgIpc) is 2.55. The lowest BCUT2D eigenvalue weighted by Gasteiger charge is -2.18. The van der Waals surface area contributed by atoms with Crippen molar-refractivity contribution in [1.82, 2.24) is 4.98 Å². The molecule has 18 heavy (non-hydrogen) atoms. The van der Waals surface area contributed by atoms with E-state index in [1.54, 1.807) is 20.8 Å². The van der Waals surface area contributed by atoms with E-state index in [1.165, 1.54) is 11.3 Å². The van der Waals surface area contributed by atoms with Crippen LogP contribution < -0.4 is 11.2 Å². The predicted octanol–water partition coefficient (Wildman–Crippen LogP) is 2.75. The maximum absolute atomic E-state index is 11.6. The van der Waals surface area contributed by atoms with Gasteiger partial charge in [-0.05, 0) is 34.6 Å². The minimum atomic E-state index is -0.535. The quantitative estimate of drug-likeness (QED) is 0.827. The largest absolute Gasteiger partial charge is 0.444 e. The van der Waals surface area contributed by atoms with Gasteiger partial charge in [-0.2, -0.15) is 0 Å². The van der Waals surface area contributed by atoms with Crippen molar-refractivity contribution >= 4 is 22.6 Å². The summed E-state index contributed by atoms with van der Waals surface area (Å²) in [6.45, 7) is 9.06. The summed E-state index contributed by atoms with van der Waals surface area (Å²) in [4.78, 5) is 21.4. The molecule has 0 aliphatic rings. The molecule has 0 spiro atoms. The lowest BCUT2D eigenvalue weighted by atomic mass is 10.2. The predicted molar refractivity (Wildman–Crippen MR) is 70.4 cm³/mol. The van der Waals surface area contributed by atoms with Gasteiger partial charge in [0.05, 0.1) is 10.6 Å². The number of rotatable bonds is 3. The summed E-state index contributed by atoms with van der Waals surface area (Å²) in [6, 6.07) is 0. The molecule has 0 bridgehead atoms. The third kappa shape index (κ3) is 4.25. The monoisotopic (exact) mass is 273 g/mol. The molecule has 102 valence electrons. The van der Waals surface area contributed by atoms with Crippen LogP contribution in [0.15, 0.2) is 0 Å². The van der Waals surface area contributed by atoms with Gasteiger partial charge < -0.3 is 4.74 Å². The lowest BCUT2D eigenvalue weighted by Crippen LogP contribution is -2.27. The maximum Gasteiger partial charge on any atom is 0.413 e. The molecular weight excluding hydrogens is 254 g/mol. The minimum Gasteiger partial charge on any atom is -0.444 e. The van der Waals surface area contributed by atoms with Crippen LogP contribution >= 0.6 is 11.3 Å². The average molecular weight is 273 g/mol. The Balaban J connectivity index is 2.72. The van der Waals surface area contributed by atoms with Crippen LogP contribution in [0, 0.1) is 6.92 Å². The van der Waals surface area contributed by atoms with Crippen LogP contribution in [0.2, 0.25) is 0 Å². The van der Waals surface area contributed by atoms with Crippen LogP contribution in [-0.4, -0.2) is 16.7 Å². The number of hydrogen-bond donors (Lipinski definition) is 2. The number of anilines is 1. The standard InChI is InChI=1S/C11H19N3O3S/c1-6-8(7(2)17-12)18-9(13-6)14-10(15)16-11(3,4)5/h7H,12H2,1-5H3,(H,13,14,15). The Morgan fingerprint density at radius 3 is 2.61 bits per heavy atom. The van der Waals surface area contributed by atoms with E-state index < -0.39 is 11.7 Å². The van der Waals surface area contributed by atoms with E-state index >= 15 is 0 Å². The number of carbonyl (C=O) groups excluding carboxylic acids is 1. The Hall–Kier alpha value is -1.18. The van der Waals surface area contributed by atoms with Crippen molar-refractivity contribution in [2.24, 2.45) is 5.90 Å². The van der Waals surface area contributed by atoms with Gasteiger partial charge in [0.25, 0.3) is 0 Å². The number of nitrogens with zero attached hydrogens (tertiary/aromatic N) is 1. The molecule has 0 saturated carbocycles. The molecule has 1 unspecified atom stereocenters. The second-order valence-electron chi connectivity index (χ2n) is 4.87. The van der Waals surface area contributed by atoms with Crippen molar-refractivity contribution in [3.8, 4) is 0 Å². The highest BCUT2D eigenvalue weighted by Gasteiger charge is 2.19. The van der Waals surface area contributed by atoms with Crippen molar-refractivity contribution in [2.75, 3.05) is 5.32 Å². The molecule has 0 radical (unpaired) electrons. The van der Waals surface area contributed by atoms with E-state index in [4.69, 9.17) is 15.5 Å². The first-order valence-corrected chi connectivity index (χ1v) is 6.37. The Kier molecular flexibility index (Phi) is 4.66.